The highest BCUT2D eigenvalue weighted by Crippen LogP contribution is 2.39. The van der Waals surface area contributed by atoms with Crippen molar-refractivity contribution in [2.45, 2.75) is 57.2 Å². The van der Waals surface area contributed by atoms with Gasteiger partial charge >= 0.3 is 6.18 Å². The summed E-state index contributed by atoms with van der Waals surface area (Å²) in [4.78, 5) is 4.16. The molecule has 0 amide bonds. The van der Waals surface area contributed by atoms with Gasteiger partial charge < -0.3 is 10.6 Å². The van der Waals surface area contributed by atoms with Gasteiger partial charge in [0, 0.05) is 19.6 Å². The molecule has 2 fully saturated rings. The fourth-order valence-electron chi connectivity index (χ4n) is 2.88. The summed E-state index contributed by atoms with van der Waals surface area (Å²) in [7, 11) is 1.73. The summed E-state index contributed by atoms with van der Waals surface area (Å²) >= 11 is 0. The molecule has 0 saturated heterocycles. The summed E-state index contributed by atoms with van der Waals surface area (Å²) in [5.41, 5.74) is 0. The summed E-state index contributed by atoms with van der Waals surface area (Å²) in [6, 6.07) is 0.516. The van der Waals surface area contributed by atoms with Gasteiger partial charge in [0.05, 0.1) is 5.92 Å². The highest BCUT2D eigenvalue weighted by Gasteiger charge is 2.41. The first kappa shape index (κ1) is 18.8. The molecule has 0 heterocycles. The largest absolute Gasteiger partial charge is 0.391 e. The molecule has 0 bridgehead atoms. The van der Waals surface area contributed by atoms with E-state index in [4.69, 9.17) is 0 Å². The number of nitrogens with one attached hydrogen (secondary N) is 2. The number of alkyl halides is 3. The fraction of sp³-hybridized carbons (Fsp3) is 0.929. The monoisotopic (exact) mass is 419 g/mol. The van der Waals surface area contributed by atoms with Crippen LogP contribution in [0.2, 0.25) is 0 Å². The van der Waals surface area contributed by atoms with Crippen LogP contribution in [-0.4, -0.2) is 31.8 Å². The van der Waals surface area contributed by atoms with Crippen LogP contribution in [0.1, 0.15) is 44.9 Å². The van der Waals surface area contributed by atoms with Crippen molar-refractivity contribution in [2.75, 3.05) is 13.6 Å². The molecule has 21 heavy (non-hydrogen) atoms. The van der Waals surface area contributed by atoms with E-state index in [0.717, 1.165) is 12.5 Å². The van der Waals surface area contributed by atoms with E-state index in [2.05, 4.69) is 15.6 Å². The molecule has 2 aliphatic carbocycles. The van der Waals surface area contributed by atoms with Crippen LogP contribution < -0.4 is 10.6 Å². The first-order valence-corrected chi connectivity index (χ1v) is 7.53. The Bertz CT molecular complexity index is 335. The van der Waals surface area contributed by atoms with Crippen LogP contribution in [0.25, 0.3) is 0 Å². The first-order chi connectivity index (χ1) is 9.49. The molecule has 3 nitrogen and oxygen atoms in total. The Morgan fingerprint density at radius 2 is 1.71 bits per heavy atom. The van der Waals surface area contributed by atoms with Crippen LogP contribution in [0.15, 0.2) is 4.99 Å². The summed E-state index contributed by atoms with van der Waals surface area (Å²) in [5.74, 6) is 0.0207. The van der Waals surface area contributed by atoms with E-state index in [1.807, 2.05) is 0 Å². The quantitative estimate of drug-likeness (QED) is 0.416. The zero-order valence-corrected chi connectivity index (χ0v) is 14.7. The topological polar surface area (TPSA) is 36.4 Å². The fourth-order valence-corrected chi connectivity index (χ4v) is 2.88. The highest BCUT2D eigenvalue weighted by atomic mass is 127. The lowest BCUT2D eigenvalue weighted by atomic mass is 9.81. The van der Waals surface area contributed by atoms with Crippen molar-refractivity contribution in [3.05, 3.63) is 0 Å². The summed E-state index contributed by atoms with van der Waals surface area (Å²) < 4.78 is 37.7. The Kier molecular flexibility index (Phi) is 7.56. The highest BCUT2D eigenvalue weighted by molar-refractivity contribution is 14.0. The molecule has 0 aromatic carbocycles. The van der Waals surface area contributed by atoms with Crippen LogP contribution in [0, 0.1) is 11.8 Å². The third-order valence-electron chi connectivity index (χ3n) is 4.54. The second-order valence-electron chi connectivity index (χ2n) is 5.98. The minimum atomic E-state index is -4.01. The van der Waals surface area contributed by atoms with Crippen LogP contribution >= 0.6 is 24.0 Å². The number of guanidine groups is 1. The molecule has 0 aromatic heterocycles. The van der Waals surface area contributed by atoms with Gasteiger partial charge in [-0.3, -0.25) is 4.99 Å². The summed E-state index contributed by atoms with van der Waals surface area (Å²) in [6.07, 6.45) is 1.44. The van der Waals surface area contributed by atoms with Gasteiger partial charge in [0.2, 0.25) is 0 Å². The van der Waals surface area contributed by atoms with Gasteiger partial charge in [0.15, 0.2) is 5.96 Å². The third-order valence-corrected chi connectivity index (χ3v) is 4.54. The van der Waals surface area contributed by atoms with Crippen LogP contribution in [-0.2, 0) is 0 Å². The standard InChI is InChI=1S/C14H24F3N3.HI/c1-18-13(20-12-3-2-4-12)19-9-10-5-7-11(8-6-10)14(15,16)17;/h10-12H,2-9H2,1H3,(H2,18,19,20);1H. The van der Waals surface area contributed by atoms with Gasteiger partial charge in [0.1, 0.15) is 0 Å². The molecule has 2 saturated carbocycles. The molecule has 2 rings (SSSR count). The summed E-state index contributed by atoms with van der Waals surface area (Å²) in [5, 5.41) is 6.58. The molecular formula is C14H25F3IN3. The average Bonchev–Trinajstić information content (AvgIpc) is 2.36. The van der Waals surface area contributed by atoms with Crippen molar-refractivity contribution >= 4 is 29.9 Å². The Morgan fingerprint density at radius 1 is 1.10 bits per heavy atom. The molecule has 0 aromatic rings. The molecule has 124 valence electrons. The predicted octanol–water partition coefficient (Wildman–Crippen LogP) is 3.69. The number of hydrogen-bond acceptors (Lipinski definition) is 1. The molecule has 0 unspecified atom stereocenters. The minimum absolute atomic E-state index is 0. The SMILES string of the molecule is CN=C(NCC1CCC(C(F)(F)F)CC1)NC1CCC1.I. The third kappa shape index (κ3) is 5.83. The van der Waals surface area contributed by atoms with E-state index in [0.29, 0.717) is 24.8 Å². The molecule has 0 aliphatic heterocycles. The van der Waals surface area contributed by atoms with Crippen molar-refractivity contribution in [3.63, 3.8) is 0 Å². The maximum absolute atomic E-state index is 12.6. The van der Waals surface area contributed by atoms with E-state index >= 15 is 0 Å². The molecular weight excluding hydrogens is 394 g/mol. The van der Waals surface area contributed by atoms with Crippen molar-refractivity contribution < 1.29 is 13.2 Å². The molecule has 0 spiro atoms. The lowest BCUT2D eigenvalue weighted by Crippen LogP contribution is -2.47. The normalized spacial score (nSPS) is 27.5. The van der Waals surface area contributed by atoms with Gasteiger partial charge in [-0.1, -0.05) is 0 Å². The lowest BCUT2D eigenvalue weighted by molar-refractivity contribution is -0.183. The zero-order chi connectivity index (χ0) is 14.6. The van der Waals surface area contributed by atoms with E-state index in [1.54, 1.807) is 7.05 Å². The van der Waals surface area contributed by atoms with E-state index < -0.39 is 12.1 Å². The molecule has 7 heteroatoms. The Labute approximate surface area is 141 Å². The summed E-state index contributed by atoms with van der Waals surface area (Å²) in [6.45, 7) is 0.719. The Balaban J connectivity index is 0.00000220. The van der Waals surface area contributed by atoms with Gasteiger partial charge in [0.25, 0.3) is 0 Å². The predicted molar refractivity (Wildman–Crippen MR) is 89.1 cm³/mol. The maximum atomic E-state index is 12.6. The van der Waals surface area contributed by atoms with E-state index in [1.165, 1.54) is 19.3 Å². The second-order valence-corrected chi connectivity index (χ2v) is 5.98. The number of hydrogen-bond donors (Lipinski definition) is 2. The minimum Gasteiger partial charge on any atom is -0.356 e. The Morgan fingerprint density at radius 3 is 2.14 bits per heavy atom. The lowest BCUT2D eigenvalue weighted by Gasteiger charge is -2.31. The van der Waals surface area contributed by atoms with Crippen LogP contribution in [0.3, 0.4) is 0 Å². The Hall–Kier alpha value is -0.210. The van der Waals surface area contributed by atoms with Crippen LogP contribution in [0.4, 0.5) is 13.2 Å². The van der Waals surface area contributed by atoms with Gasteiger partial charge in [-0.25, -0.2) is 0 Å². The van der Waals surface area contributed by atoms with E-state index in [9.17, 15) is 13.2 Å². The van der Waals surface area contributed by atoms with Crippen molar-refractivity contribution in [3.8, 4) is 0 Å². The molecule has 2 aliphatic rings. The van der Waals surface area contributed by atoms with Crippen molar-refractivity contribution in [1.29, 1.82) is 0 Å². The van der Waals surface area contributed by atoms with Gasteiger partial charge in [-0.05, 0) is 50.9 Å². The number of aliphatic imine (C=N–C) groups is 1. The zero-order valence-electron chi connectivity index (χ0n) is 12.4. The van der Waals surface area contributed by atoms with Crippen LogP contribution in [0.5, 0.6) is 0 Å². The number of halogens is 4. The number of nitrogens with zero attached hydrogens (tertiary/aromatic N) is 1. The van der Waals surface area contributed by atoms with Crippen molar-refractivity contribution in [2.24, 2.45) is 16.8 Å². The number of rotatable bonds is 3. The second kappa shape index (κ2) is 8.43. The van der Waals surface area contributed by atoms with Gasteiger partial charge in [-0.2, -0.15) is 13.2 Å². The smallest absolute Gasteiger partial charge is 0.356 e. The van der Waals surface area contributed by atoms with Gasteiger partial charge in [-0.15, -0.1) is 24.0 Å². The average molecular weight is 419 g/mol. The molecule has 0 radical (unpaired) electrons. The first-order valence-electron chi connectivity index (χ1n) is 7.53. The molecule has 0 atom stereocenters. The molecule has 2 N–H and O–H groups in total. The van der Waals surface area contributed by atoms with E-state index in [-0.39, 0.29) is 36.8 Å². The van der Waals surface area contributed by atoms with Crippen molar-refractivity contribution in [1.82, 2.24) is 10.6 Å². The maximum Gasteiger partial charge on any atom is 0.391 e.